The molecule has 1 aromatic carbocycles. The fourth-order valence-corrected chi connectivity index (χ4v) is 3.13. The number of benzene rings is 1. The zero-order valence-corrected chi connectivity index (χ0v) is 11.4. The van der Waals surface area contributed by atoms with Gasteiger partial charge in [-0.25, -0.2) is 4.98 Å². The molecule has 0 radical (unpaired) electrons. The van der Waals surface area contributed by atoms with Crippen molar-refractivity contribution < 1.29 is 4.79 Å². The first-order valence-electron chi connectivity index (χ1n) is 7.26. The first-order chi connectivity index (χ1) is 9.29. The van der Waals surface area contributed by atoms with Crippen LogP contribution in [0.4, 0.5) is 0 Å². The number of ketones is 1. The molecule has 1 aromatic heterocycles. The standard InChI is InChI=1S/C16H20N2O/c1-2-18-14-9-5-4-8-13(14)17-16(18)11-12-7-3-6-10-15(12)19/h4-5,8-9,12H,2-3,6-7,10-11H2,1H3. The van der Waals surface area contributed by atoms with Crippen molar-refractivity contribution in [1.82, 2.24) is 9.55 Å². The van der Waals surface area contributed by atoms with Gasteiger partial charge in [-0.1, -0.05) is 18.6 Å². The highest BCUT2D eigenvalue weighted by atomic mass is 16.1. The Morgan fingerprint density at radius 1 is 1.32 bits per heavy atom. The third-order valence-electron chi connectivity index (χ3n) is 4.16. The van der Waals surface area contributed by atoms with Gasteiger partial charge >= 0.3 is 0 Å². The molecule has 1 aliphatic rings. The Balaban J connectivity index is 1.93. The van der Waals surface area contributed by atoms with Gasteiger partial charge in [-0.15, -0.1) is 0 Å². The second-order valence-electron chi connectivity index (χ2n) is 5.37. The average Bonchev–Trinajstić information content (AvgIpc) is 2.78. The van der Waals surface area contributed by atoms with Crippen molar-refractivity contribution in [2.45, 2.75) is 45.6 Å². The van der Waals surface area contributed by atoms with Crippen LogP contribution in [-0.4, -0.2) is 15.3 Å². The third-order valence-corrected chi connectivity index (χ3v) is 4.16. The molecule has 3 heteroatoms. The molecule has 3 rings (SSSR count). The predicted octanol–water partition coefficient (Wildman–Crippen LogP) is 3.36. The van der Waals surface area contributed by atoms with E-state index in [2.05, 4.69) is 17.6 Å². The molecule has 3 nitrogen and oxygen atoms in total. The molecule has 1 fully saturated rings. The summed E-state index contributed by atoms with van der Waals surface area (Å²) < 4.78 is 2.25. The minimum atomic E-state index is 0.191. The highest BCUT2D eigenvalue weighted by molar-refractivity contribution is 5.82. The number of nitrogens with zero attached hydrogens (tertiary/aromatic N) is 2. The maximum atomic E-state index is 12.0. The fraction of sp³-hybridized carbons (Fsp3) is 0.500. The lowest BCUT2D eigenvalue weighted by Gasteiger charge is -2.20. The lowest BCUT2D eigenvalue weighted by Crippen LogP contribution is -2.22. The maximum Gasteiger partial charge on any atom is 0.136 e. The van der Waals surface area contributed by atoms with Crippen molar-refractivity contribution in [2.24, 2.45) is 5.92 Å². The Kier molecular flexibility index (Phi) is 3.36. The van der Waals surface area contributed by atoms with Crippen LogP contribution in [-0.2, 0) is 17.8 Å². The number of para-hydroxylation sites is 2. The number of imidazole rings is 1. The summed E-state index contributed by atoms with van der Waals surface area (Å²) in [6, 6.07) is 8.22. The fourth-order valence-electron chi connectivity index (χ4n) is 3.13. The number of carbonyl (C=O) groups is 1. The van der Waals surface area contributed by atoms with Crippen LogP contribution < -0.4 is 0 Å². The lowest BCUT2D eigenvalue weighted by molar-refractivity contribution is -0.124. The van der Waals surface area contributed by atoms with Crippen molar-refractivity contribution in [3.63, 3.8) is 0 Å². The van der Waals surface area contributed by atoms with Crippen LogP contribution in [0.1, 0.15) is 38.4 Å². The molecule has 1 unspecified atom stereocenters. The molecule has 2 aromatic rings. The Labute approximate surface area is 113 Å². The number of fused-ring (bicyclic) bond motifs is 1. The van der Waals surface area contributed by atoms with Crippen molar-refractivity contribution in [3.05, 3.63) is 30.1 Å². The van der Waals surface area contributed by atoms with E-state index in [4.69, 9.17) is 4.98 Å². The van der Waals surface area contributed by atoms with Crippen LogP contribution in [0, 0.1) is 5.92 Å². The highest BCUT2D eigenvalue weighted by Crippen LogP contribution is 2.25. The van der Waals surface area contributed by atoms with Crippen LogP contribution in [0.2, 0.25) is 0 Å². The van der Waals surface area contributed by atoms with Crippen LogP contribution in [0.25, 0.3) is 11.0 Å². The number of rotatable bonds is 3. The first-order valence-corrected chi connectivity index (χ1v) is 7.26. The minimum absolute atomic E-state index is 0.191. The largest absolute Gasteiger partial charge is 0.328 e. The quantitative estimate of drug-likeness (QED) is 0.844. The van der Waals surface area contributed by atoms with Crippen molar-refractivity contribution in [3.8, 4) is 0 Å². The number of aryl methyl sites for hydroxylation is 1. The Morgan fingerprint density at radius 2 is 2.16 bits per heavy atom. The molecule has 0 saturated heterocycles. The SMILES string of the molecule is CCn1c(CC2CCCCC2=O)nc2ccccc21. The minimum Gasteiger partial charge on any atom is -0.328 e. The zero-order valence-electron chi connectivity index (χ0n) is 11.4. The number of carbonyl (C=O) groups excluding carboxylic acids is 1. The summed E-state index contributed by atoms with van der Waals surface area (Å²) in [5.41, 5.74) is 2.23. The van der Waals surface area contributed by atoms with Gasteiger partial charge in [-0.2, -0.15) is 0 Å². The van der Waals surface area contributed by atoms with Crippen molar-refractivity contribution in [1.29, 1.82) is 0 Å². The molecule has 0 aliphatic heterocycles. The third kappa shape index (κ3) is 2.29. The predicted molar refractivity (Wildman–Crippen MR) is 76.1 cm³/mol. The van der Waals surface area contributed by atoms with Crippen molar-refractivity contribution >= 4 is 16.8 Å². The molecule has 1 saturated carbocycles. The van der Waals surface area contributed by atoms with Crippen LogP contribution in [0.5, 0.6) is 0 Å². The molecule has 1 heterocycles. The molecular weight excluding hydrogens is 236 g/mol. The molecule has 0 spiro atoms. The van der Waals surface area contributed by atoms with Crippen LogP contribution in [0.15, 0.2) is 24.3 Å². The number of Topliss-reactive ketones (excluding diaryl/α,β-unsaturated/α-hetero) is 1. The molecule has 1 aliphatic carbocycles. The second-order valence-corrected chi connectivity index (χ2v) is 5.37. The van der Waals surface area contributed by atoms with E-state index in [9.17, 15) is 4.79 Å². The lowest BCUT2D eigenvalue weighted by atomic mass is 9.85. The number of hydrogen-bond donors (Lipinski definition) is 0. The Bertz CT molecular complexity index is 600. The summed E-state index contributed by atoms with van der Waals surface area (Å²) in [6.45, 7) is 3.05. The summed E-state index contributed by atoms with van der Waals surface area (Å²) >= 11 is 0. The molecule has 19 heavy (non-hydrogen) atoms. The van der Waals surface area contributed by atoms with Gasteiger partial charge in [-0.05, 0) is 31.9 Å². The van der Waals surface area contributed by atoms with E-state index < -0.39 is 0 Å². The summed E-state index contributed by atoms with van der Waals surface area (Å²) in [5.74, 6) is 1.70. The van der Waals surface area contributed by atoms with E-state index in [0.717, 1.165) is 43.6 Å². The van der Waals surface area contributed by atoms with Gasteiger partial charge in [0.25, 0.3) is 0 Å². The average molecular weight is 256 g/mol. The van der Waals surface area contributed by atoms with Crippen LogP contribution in [0.3, 0.4) is 0 Å². The Morgan fingerprint density at radius 3 is 2.95 bits per heavy atom. The van der Waals surface area contributed by atoms with Crippen LogP contribution >= 0.6 is 0 Å². The molecule has 0 amide bonds. The van der Waals surface area contributed by atoms with E-state index in [1.807, 2.05) is 18.2 Å². The van der Waals surface area contributed by atoms with E-state index in [1.54, 1.807) is 0 Å². The summed E-state index contributed by atoms with van der Waals surface area (Å²) in [6.07, 6.45) is 4.85. The van der Waals surface area contributed by atoms with Gasteiger partial charge in [0, 0.05) is 25.3 Å². The molecule has 0 N–H and O–H groups in total. The van der Waals surface area contributed by atoms with Gasteiger partial charge in [0.1, 0.15) is 11.6 Å². The number of aromatic nitrogens is 2. The normalized spacial score (nSPS) is 20.1. The zero-order chi connectivity index (χ0) is 13.2. The maximum absolute atomic E-state index is 12.0. The highest BCUT2D eigenvalue weighted by Gasteiger charge is 2.24. The summed E-state index contributed by atoms with van der Waals surface area (Å²) in [7, 11) is 0. The smallest absolute Gasteiger partial charge is 0.136 e. The van der Waals surface area contributed by atoms with E-state index in [-0.39, 0.29) is 5.92 Å². The molecule has 1 atom stereocenters. The van der Waals surface area contributed by atoms with E-state index in [0.29, 0.717) is 5.78 Å². The number of hydrogen-bond acceptors (Lipinski definition) is 2. The molecule has 0 bridgehead atoms. The van der Waals surface area contributed by atoms with E-state index >= 15 is 0 Å². The molecular formula is C16H20N2O. The van der Waals surface area contributed by atoms with Gasteiger partial charge in [-0.3, -0.25) is 4.79 Å². The van der Waals surface area contributed by atoms with Gasteiger partial charge < -0.3 is 4.57 Å². The summed E-state index contributed by atoms with van der Waals surface area (Å²) in [4.78, 5) is 16.7. The van der Waals surface area contributed by atoms with Crippen molar-refractivity contribution in [2.75, 3.05) is 0 Å². The topological polar surface area (TPSA) is 34.9 Å². The Hall–Kier alpha value is -1.64. The van der Waals surface area contributed by atoms with E-state index in [1.165, 1.54) is 11.9 Å². The first kappa shape index (κ1) is 12.4. The van der Waals surface area contributed by atoms with Gasteiger partial charge in [0.2, 0.25) is 0 Å². The second kappa shape index (κ2) is 5.16. The summed E-state index contributed by atoms with van der Waals surface area (Å²) in [5, 5.41) is 0. The van der Waals surface area contributed by atoms with Gasteiger partial charge in [0.05, 0.1) is 11.0 Å². The monoisotopic (exact) mass is 256 g/mol. The molecule has 100 valence electrons. The van der Waals surface area contributed by atoms with Gasteiger partial charge in [0.15, 0.2) is 0 Å².